The second-order valence-corrected chi connectivity index (χ2v) is 8.24. The van der Waals surface area contributed by atoms with Gasteiger partial charge in [0.25, 0.3) is 0 Å². The number of nitrogens with zero attached hydrogens (tertiary/aromatic N) is 4. The average Bonchev–Trinajstić information content (AvgIpc) is 2.90. The maximum Gasteiger partial charge on any atom is 0.227 e. The number of carbonyl (C=O) groups excluding carboxylic acids is 1. The van der Waals surface area contributed by atoms with Crippen molar-refractivity contribution in [1.82, 2.24) is 14.9 Å². The lowest BCUT2D eigenvalue weighted by Gasteiger charge is -2.35. The van der Waals surface area contributed by atoms with Crippen molar-refractivity contribution >= 4 is 11.7 Å². The summed E-state index contributed by atoms with van der Waals surface area (Å²) >= 11 is 0. The van der Waals surface area contributed by atoms with E-state index >= 15 is 0 Å². The van der Waals surface area contributed by atoms with Gasteiger partial charge in [-0.05, 0) is 16.7 Å². The van der Waals surface area contributed by atoms with Crippen molar-refractivity contribution < 1.29 is 4.79 Å². The van der Waals surface area contributed by atoms with Crippen LogP contribution in [-0.2, 0) is 11.2 Å². The molecule has 1 fully saturated rings. The second kappa shape index (κ2) is 9.65. The van der Waals surface area contributed by atoms with E-state index < -0.39 is 0 Å². The summed E-state index contributed by atoms with van der Waals surface area (Å²) in [7, 11) is 0. The van der Waals surface area contributed by atoms with Crippen LogP contribution in [0.4, 0.5) is 5.82 Å². The standard InChI is InChI=1S/C28H26N4O/c33-28(19-22-11-13-24(14-12-22)23-7-3-1-4-8-23)32-17-15-31(16-18-32)27-20-26(29-21-30-27)25-9-5-2-6-10-25/h1-14,20-21H,15-19H2. The number of amides is 1. The molecule has 33 heavy (non-hydrogen) atoms. The Balaban J connectivity index is 1.18. The SMILES string of the molecule is O=C(Cc1ccc(-c2ccccc2)cc1)N1CCN(c2cc(-c3ccccc3)ncn2)CC1. The minimum atomic E-state index is 0.176. The van der Waals surface area contributed by atoms with Crippen molar-refractivity contribution in [3.8, 4) is 22.4 Å². The predicted molar refractivity (Wildman–Crippen MR) is 132 cm³/mol. The first-order valence-electron chi connectivity index (χ1n) is 11.3. The average molecular weight is 435 g/mol. The maximum atomic E-state index is 12.9. The van der Waals surface area contributed by atoms with E-state index in [9.17, 15) is 4.79 Å². The Labute approximate surface area is 194 Å². The van der Waals surface area contributed by atoms with E-state index in [-0.39, 0.29) is 5.91 Å². The Morgan fingerprint density at radius 3 is 1.97 bits per heavy atom. The van der Waals surface area contributed by atoms with Crippen LogP contribution in [0, 0.1) is 0 Å². The fourth-order valence-electron chi connectivity index (χ4n) is 4.20. The molecule has 4 aromatic rings. The van der Waals surface area contributed by atoms with Crippen LogP contribution in [0.5, 0.6) is 0 Å². The summed E-state index contributed by atoms with van der Waals surface area (Å²) in [5, 5.41) is 0. The number of anilines is 1. The van der Waals surface area contributed by atoms with E-state index in [0.717, 1.165) is 35.7 Å². The molecule has 0 aliphatic carbocycles. The Morgan fingerprint density at radius 2 is 1.30 bits per heavy atom. The van der Waals surface area contributed by atoms with Crippen LogP contribution >= 0.6 is 0 Å². The van der Waals surface area contributed by atoms with Crippen LogP contribution in [0.3, 0.4) is 0 Å². The van der Waals surface area contributed by atoms with Gasteiger partial charge in [-0.2, -0.15) is 0 Å². The molecule has 5 heteroatoms. The smallest absolute Gasteiger partial charge is 0.227 e. The molecular formula is C28H26N4O. The van der Waals surface area contributed by atoms with E-state index in [4.69, 9.17) is 0 Å². The van der Waals surface area contributed by atoms with Crippen molar-refractivity contribution in [3.05, 3.63) is 103 Å². The van der Waals surface area contributed by atoms with Crippen molar-refractivity contribution in [1.29, 1.82) is 0 Å². The van der Waals surface area contributed by atoms with Crippen LogP contribution in [0.25, 0.3) is 22.4 Å². The van der Waals surface area contributed by atoms with Gasteiger partial charge in [0.1, 0.15) is 12.1 Å². The molecule has 1 amide bonds. The lowest BCUT2D eigenvalue weighted by Crippen LogP contribution is -2.49. The normalized spacial score (nSPS) is 13.7. The summed E-state index contributed by atoms with van der Waals surface area (Å²) in [4.78, 5) is 26.0. The van der Waals surface area contributed by atoms with E-state index in [1.54, 1.807) is 6.33 Å². The molecule has 5 rings (SSSR count). The van der Waals surface area contributed by atoms with Gasteiger partial charge in [-0.25, -0.2) is 9.97 Å². The minimum absolute atomic E-state index is 0.176. The van der Waals surface area contributed by atoms with Gasteiger partial charge in [-0.15, -0.1) is 0 Å². The molecule has 0 radical (unpaired) electrons. The lowest BCUT2D eigenvalue weighted by molar-refractivity contribution is -0.130. The van der Waals surface area contributed by atoms with Gasteiger partial charge in [-0.1, -0.05) is 84.9 Å². The first kappa shape index (κ1) is 20.9. The van der Waals surface area contributed by atoms with Gasteiger partial charge < -0.3 is 9.80 Å². The fraction of sp³-hybridized carbons (Fsp3) is 0.179. The Morgan fingerprint density at radius 1 is 0.697 bits per heavy atom. The molecule has 2 heterocycles. The molecule has 164 valence electrons. The van der Waals surface area contributed by atoms with Crippen molar-refractivity contribution in [2.75, 3.05) is 31.1 Å². The van der Waals surface area contributed by atoms with Gasteiger partial charge >= 0.3 is 0 Å². The first-order chi connectivity index (χ1) is 16.3. The maximum absolute atomic E-state index is 12.9. The summed E-state index contributed by atoms with van der Waals surface area (Å²) in [5.74, 6) is 1.09. The van der Waals surface area contributed by atoms with E-state index in [1.165, 1.54) is 11.1 Å². The zero-order valence-corrected chi connectivity index (χ0v) is 18.5. The molecule has 1 saturated heterocycles. The van der Waals surface area contributed by atoms with Crippen LogP contribution in [0.1, 0.15) is 5.56 Å². The number of aromatic nitrogens is 2. The van der Waals surface area contributed by atoms with E-state index in [2.05, 4.69) is 63.4 Å². The molecule has 0 atom stereocenters. The molecule has 0 spiro atoms. The number of rotatable bonds is 5. The summed E-state index contributed by atoms with van der Waals surface area (Å²) in [5.41, 5.74) is 5.39. The second-order valence-electron chi connectivity index (χ2n) is 8.24. The van der Waals surface area contributed by atoms with Gasteiger partial charge in [0.05, 0.1) is 12.1 Å². The minimum Gasteiger partial charge on any atom is -0.353 e. The largest absolute Gasteiger partial charge is 0.353 e. The summed E-state index contributed by atoms with van der Waals surface area (Å²) in [6, 6.07) is 30.7. The molecule has 0 unspecified atom stereocenters. The monoisotopic (exact) mass is 434 g/mol. The quantitative estimate of drug-likeness (QED) is 0.457. The number of benzene rings is 3. The summed E-state index contributed by atoms with van der Waals surface area (Å²) in [6.45, 7) is 2.94. The Bertz CT molecular complexity index is 1200. The third kappa shape index (κ3) is 4.93. The lowest BCUT2D eigenvalue weighted by atomic mass is 10.0. The van der Waals surface area contributed by atoms with Crippen LogP contribution in [-0.4, -0.2) is 47.0 Å². The molecule has 1 aliphatic rings. The Kier molecular flexibility index (Phi) is 6.11. The van der Waals surface area contributed by atoms with Gasteiger partial charge in [0.15, 0.2) is 0 Å². The predicted octanol–water partition coefficient (Wildman–Crippen LogP) is 4.70. The van der Waals surface area contributed by atoms with E-state index in [0.29, 0.717) is 19.5 Å². The molecule has 1 aromatic heterocycles. The zero-order chi connectivity index (χ0) is 22.5. The van der Waals surface area contributed by atoms with Crippen molar-refractivity contribution in [2.24, 2.45) is 0 Å². The highest BCUT2D eigenvalue weighted by atomic mass is 16.2. The van der Waals surface area contributed by atoms with Crippen LogP contribution in [0.2, 0.25) is 0 Å². The van der Waals surface area contributed by atoms with Crippen LogP contribution in [0.15, 0.2) is 97.3 Å². The highest BCUT2D eigenvalue weighted by Gasteiger charge is 2.22. The number of carbonyl (C=O) groups is 1. The molecule has 1 aliphatic heterocycles. The van der Waals surface area contributed by atoms with Crippen molar-refractivity contribution in [3.63, 3.8) is 0 Å². The third-order valence-electron chi connectivity index (χ3n) is 6.09. The fourth-order valence-corrected chi connectivity index (χ4v) is 4.20. The third-order valence-corrected chi connectivity index (χ3v) is 6.09. The molecule has 0 bridgehead atoms. The number of hydrogen-bond donors (Lipinski definition) is 0. The summed E-state index contributed by atoms with van der Waals surface area (Å²) < 4.78 is 0. The first-order valence-corrected chi connectivity index (χ1v) is 11.3. The van der Waals surface area contributed by atoms with Gasteiger partial charge in [-0.3, -0.25) is 4.79 Å². The summed E-state index contributed by atoms with van der Waals surface area (Å²) in [6.07, 6.45) is 2.05. The Hall–Kier alpha value is -3.99. The van der Waals surface area contributed by atoms with Crippen LogP contribution < -0.4 is 4.90 Å². The highest BCUT2D eigenvalue weighted by molar-refractivity contribution is 5.79. The molecule has 5 nitrogen and oxygen atoms in total. The molecule has 0 saturated carbocycles. The van der Waals surface area contributed by atoms with E-state index in [1.807, 2.05) is 47.4 Å². The molecular weight excluding hydrogens is 408 g/mol. The van der Waals surface area contributed by atoms with Gasteiger partial charge in [0, 0.05) is 37.8 Å². The molecule has 3 aromatic carbocycles. The number of piperazine rings is 1. The highest BCUT2D eigenvalue weighted by Crippen LogP contribution is 2.22. The van der Waals surface area contributed by atoms with Crippen molar-refractivity contribution in [2.45, 2.75) is 6.42 Å². The topological polar surface area (TPSA) is 49.3 Å². The van der Waals surface area contributed by atoms with Gasteiger partial charge in [0.2, 0.25) is 5.91 Å². The number of hydrogen-bond acceptors (Lipinski definition) is 4. The zero-order valence-electron chi connectivity index (χ0n) is 18.5. The molecule has 0 N–H and O–H groups in total.